The smallest absolute Gasteiger partial charge is 0.370 e. The van der Waals surface area contributed by atoms with Gasteiger partial charge in [-0.15, -0.1) is 0 Å². The van der Waals surface area contributed by atoms with E-state index < -0.39 is 26.7 Å². The molecule has 2 aromatic rings. The topological polar surface area (TPSA) is 79.0 Å². The first kappa shape index (κ1) is 33.0. The van der Waals surface area contributed by atoms with Crippen molar-refractivity contribution < 1.29 is 31.1 Å². The highest BCUT2D eigenvalue weighted by Crippen LogP contribution is 2.34. The first-order chi connectivity index (χ1) is 19.4. The molecule has 7 nitrogen and oxygen atoms in total. The van der Waals surface area contributed by atoms with Crippen LogP contribution in [0.25, 0.3) is 0 Å². The number of nitrogens with zero attached hydrogens (tertiary/aromatic N) is 2. The number of nitrogens with one attached hydrogen (secondary N) is 1. The molecular weight excluding hydrogens is 555 g/mol. The molecule has 2 aromatic carbocycles. The highest BCUT2D eigenvalue weighted by Gasteiger charge is 2.32. The summed E-state index contributed by atoms with van der Waals surface area (Å²) in [6.45, 7) is 0.194. The molecular formula is C30H42F3N3O4S. The average molecular weight is 598 g/mol. The van der Waals surface area contributed by atoms with Crippen molar-refractivity contribution in [3.8, 4) is 0 Å². The summed E-state index contributed by atoms with van der Waals surface area (Å²) in [4.78, 5) is 14.2. The molecule has 1 amide bonds. The van der Waals surface area contributed by atoms with Crippen molar-refractivity contribution in [3.63, 3.8) is 0 Å². The summed E-state index contributed by atoms with van der Waals surface area (Å²) in [6, 6.07) is 14.7. The number of aryl methyl sites for hydroxylation is 1. The fourth-order valence-electron chi connectivity index (χ4n) is 5.45. The van der Waals surface area contributed by atoms with Gasteiger partial charge >= 0.3 is 6.18 Å². The van der Waals surface area contributed by atoms with E-state index in [0.29, 0.717) is 30.5 Å². The Morgan fingerprint density at radius 1 is 1.02 bits per heavy atom. The minimum atomic E-state index is -4.64. The molecule has 41 heavy (non-hydrogen) atoms. The molecule has 3 rings (SSSR count). The number of ether oxygens (including phenoxy) is 1. The summed E-state index contributed by atoms with van der Waals surface area (Å²) in [6.07, 6.45) is 1.91. The van der Waals surface area contributed by atoms with Gasteiger partial charge in [0.25, 0.3) is 0 Å². The standard InChI is InChI=1S/C30H42F3N3O4S/c1-35(2)28(17-14-23-8-5-4-6-9-23)25-15-12-24(13-16-25)21-34-29(37)22-40-19-18-36(3)41(38,39)27-11-7-10-26(20-27)30(31,32)33/h4-11,20,24-25,28H,12-19,21-22H2,1-3H3,(H,34,37). The number of carbonyl (C=O) groups is 1. The molecule has 0 aromatic heterocycles. The Balaban J connectivity index is 1.34. The molecule has 0 aliphatic heterocycles. The number of alkyl halides is 3. The third kappa shape index (κ3) is 10.1. The van der Waals surface area contributed by atoms with Gasteiger partial charge in [0.2, 0.25) is 15.9 Å². The van der Waals surface area contributed by atoms with Gasteiger partial charge in [-0.3, -0.25) is 4.79 Å². The molecule has 1 fully saturated rings. The van der Waals surface area contributed by atoms with Crippen molar-refractivity contribution in [3.05, 3.63) is 65.7 Å². The zero-order valence-corrected chi connectivity index (χ0v) is 24.9. The summed E-state index contributed by atoms with van der Waals surface area (Å²) >= 11 is 0. The third-order valence-corrected chi connectivity index (χ3v) is 9.76. The fourth-order valence-corrected chi connectivity index (χ4v) is 6.65. The lowest BCUT2D eigenvalue weighted by Gasteiger charge is -2.37. The molecule has 0 bridgehead atoms. The Hall–Kier alpha value is -2.47. The van der Waals surface area contributed by atoms with Crippen molar-refractivity contribution in [1.29, 1.82) is 0 Å². The van der Waals surface area contributed by atoms with E-state index in [1.54, 1.807) is 0 Å². The zero-order valence-electron chi connectivity index (χ0n) is 24.1. The molecule has 0 radical (unpaired) electrons. The summed E-state index contributed by atoms with van der Waals surface area (Å²) < 4.78 is 70.4. The minimum Gasteiger partial charge on any atom is -0.370 e. The predicted molar refractivity (Wildman–Crippen MR) is 153 cm³/mol. The number of sulfonamides is 1. The van der Waals surface area contributed by atoms with Crippen LogP contribution >= 0.6 is 0 Å². The van der Waals surface area contributed by atoms with Crippen molar-refractivity contribution in [2.45, 2.75) is 55.6 Å². The van der Waals surface area contributed by atoms with E-state index in [2.05, 4.69) is 48.6 Å². The van der Waals surface area contributed by atoms with E-state index in [9.17, 15) is 26.4 Å². The second-order valence-corrected chi connectivity index (χ2v) is 13.1. The second-order valence-electron chi connectivity index (χ2n) is 11.0. The van der Waals surface area contributed by atoms with Crippen molar-refractivity contribution in [2.75, 3.05) is 47.4 Å². The Labute approximate surface area is 242 Å². The number of carbonyl (C=O) groups excluding carboxylic acids is 1. The molecule has 0 heterocycles. The van der Waals surface area contributed by atoms with Gasteiger partial charge in [-0.2, -0.15) is 17.5 Å². The number of hydrogen-bond donors (Lipinski definition) is 1. The number of likely N-dealkylation sites (N-methyl/N-ethyl adjacent to an activating group) is 1. The van der Waals surface area contributed by atoms with Crippen LogP contribution in [0, 0.1) is 11.8 Å². The van der Waals surface area contributed by atoms with Crippen LogP contribution < -0.4 is 5.32 Å². The quantitative estimate of drug-likeness (QED) is 0.316. The van der Waals surface area contributed by atoms with Crippen LogP contribution in [-0.4, -0.2) is 77.0 Å². The number of benzene rings is 2. The van der Waals surface area contributed by atoms with E-state index in [1.807, 2.05) is 6.07 Å². The maximum atomic E-state index is 13.0. The normalized spacial score (nSPS) is 18.9. The van der Waals surface area contributed by atoms with Gasteiger partial charge < -0.3 is 15.0 Å². The first-order valence-corrected chi connectivity index (χ1v) is 15.5. The lowest BCUT2D eigenvalue weighted by Crippen LogP contribution is -2.39. The van der Waals surface area contributed by atoms with Crippen LogP contribution in [0.15, 0.2) is 59.5 Å². The highest BCUT2D eigenvalue weighted by molar-refractivity contribution is 7.89. The van der Waals surface area contributed by atoms with Crippen molar-refractivity contribution in [2.24, 2.45) is 11.8 Å². The molecule has 1 atom stereocenters. The van der Waals surface area contributed by atoms with E-state index in [4.69, 9.17) is 4.74 Å². The number of halogens is 3. The first-order valence-electron chi connectivity index (χ1n) is 14.1. The maximum absolute atomic E-state index is 13.0. The van der Waals surface area contributed by atoms with E-state index >= 15 is 0 Å². The molecule has 11 heteroatoms. The lowest BCUT2D eigenvalue weighted by molar-refractivity contribution is -0.137. The number of amides is 1. The third-order valence-electron chi connectivity index (χ3n) is 7.91. The van der Waals surface area contributed by atoms with Gasteiger partial charge in [0, 0.05) is 26.2 Å². The van der Waals surface area contributed by atoms with Crippen LogP contribution in [0.1, 0.15) is 43.2 Å². The van der Waals surface area contributed by atoms with Crippen LogP contribution in [-0.2, 0) is 32.2 Å². The Kier molecular flexibility index (Phi) is 12.2. The van der Waals surface area contributed by atoms with Gasteiger partial charge in [0.15, 0.2) is 0 Å². The number of hydrogen-bond acceptors (Lipinski definition) is 5. The van der Waals surface area contributed by atoms with E-state index in [1.165, 1.54) is 12.6 Å². The minimum absolute atomic E-state index is 0.0673. The van der Waals surface area contributed by atoms with Crippen molar-refractivity contribution >= 4 is 15.9 Å². The van der Waals surface area contributed by atoms with Crippen LogP contribution in [0.2, 0.25) is 0 Å². The fraction of sp³-hybridized carbons (Fsp3) is 0.567. The van der Waals surface area contributed by atoms with Gasteiger partial charge in [-0.25, -0.2) is 8.42 Å². The van der Waals surface area contributed by atoms with Crippen LogP contribution in [0.4, 0.5) is 13.2 Å². The Morgan fingerprint density at radius 2 is 1.71 bits per heavy atom. The molecule has 0 spiro atoms. The summed E-state index contributed by atoms with van der Waals surface area (Å²) in [5.74, 6) is 0.772. The number of rotatable bonds is 14. The monoisotopic (exact) mass is 597 g/mol. The summed E-state index contributed by atoms with van der Waals surface area (Å²) in [5.41, 5.74) is 0.330. The molecule has 228 valence electrons. The lowest BCUT2D eigenvalue weighted by atomic mass is 9.76. The Morgan fingerprint density at radius 3 is 2.34 bits per heavy atom. The SMILES string of the molecule is CN(C)C(CCc1ccccc1)C1CCC(CNC(=O)COCCN(C)S(=O)(=O)c2cccc(C(F)(F)F)c2)CC1. The van der Waals surface area contributed by atoms with Crippen molar-refractivity contribution in [1.82, 2.24) is 14.5 Å². The molecule has 1 aliphatic carbocycles. The molecule has 1 unspecified atom stereocenters. The zero-order chi connectivity index (χ0) is 30.0. The second kappa shape index (κ2) is 15.1. The van der Waals surface area contributed by atoms with Gasteiger partial charge in [-0.05, 0) is 88.2 Å². The van der Waals surface area contributed by atoms with E-state index in [0.717, 1.165) is 61.0 Å². The molecule has 1 saturated carbocycles. The van der Waals surface area contributed by atoms with Crippen LogP contribution in [0.3, 0.4) is 0 Å². The van der Waals surface area contributed by atoms with Gasteiger partial charge in [0.1, 0.15) is 6.61 Å². The predicted octanol–water partition coefficient (Wildman–Crippen LogP) is 4.83. The molecule has 0 saturated heterocycles. The average Bonchev–Trinajstić information content (AvgIpc) is 2.94. The van der Waals surface area contributed by atoms with E-state index in [-0.39, 0.29) is 25.7 Å². The largest absolute Gasteiger partial charge is 0.416 e. The van der Waals surface area contributed by atoms with Gasteiger partial charge in [-0.1, -0.05) is 36.4 Å². The molecule has 1 aliphatic rings. The maximum Gasteiger partial charge on any atom is 0.416 e. The summed E-state index contributed by atoms with van der Waals surface area (Å²) in [7, 11) is 1.44. The summed E-state index contributed by atoms with van der Waals surface area (Å²) in [5, 5.41) is 2.92. The Bertz CT molecular complexity index is 1200. The van der Waals surface area contributed by atoms with Gasteiger partial charge in [0.05, 0.1) is 17.1 Å². The highest BCUT2D eigenvalue weighted by atomic mass is 32.2. The molecule has 1 N–H and O–H groups in total. The van der Waals surface area contributed by atoms with Crippen LogP contribution in [0.5, 0.6) is 0 Å².